The summed E-state index contributed by atoms with van der Waals surface area (Å²) in [6.07, 6.45) is 5.17. The molecule has 0 aliphatic carbocycles. The molecule has 84 valence electrons. The maximum Gasteiger partial charge on any atom is 0.192 e. The molecule has 0 saturated carbocycles. The van der Waals surface area contributed by atoms with Crippen LogP contribution in [0.4, 0.5) is 5.69 Å². The van der Waals surface area contributed by atoms with Crippen LogP contribution in [-0.2, 0) is 0 Å². The molecule has 2 heterocycles. The minimum atomic E-state index is 0.679. The first-order chi connectivity index (χ1) is 8.33. The van der Waals surface area contributed by atoms with Gasteiger partial charge < -0.3 is 5.73 Å². The molecule has 0 spiro atoms. The van der Waals surface area contributed by atoms with Crippen LogP contribution >= 0.6 is 11.8 Å². The minimum absolute atomic E-state index is 0.679. The molecule has 6 heteroatoms. The fourth-order valence-corrected chi connectivity index (χ4v) is 2.29. The lowest BCUT2D eigenvalue weighted by Gasteiger charge is -2.03. The fourth-order valence-electron chi connectivity index (χ4n) is 1.51. The lowest BCUT2D eigenvalue weighted by molar-refractivity contribution is 0.967. The third kappa shape index (κ3) is 1.94. The van der Waals surface area contributed by atoms with Crippen LogP contribution in [0.3, 0.4) is 0 Å². The molecule has 0 saturated heterocycles. The normalized spacial score (nSPS) is 10.8. The Morgan fingerprint density at radius 1 is 1.18 bits per heavy atom. The van der Waals surface area contributed by atoms with E-state index < -0.39 is 0 Å². The van der Waals surface area contributed by atoms with Crippen molar-refractivity contribution in [2.24, 2.45) is 0 Å². The molecule has 0 bridgehead atoms. The van der Waals surface area contributed by atoms with Gasteiger partial charge in [-0.2, -0.15) is 5.10 Å². The number of benzene rings is 1. The van der Waals surface area contributed by atoms with Gasteiger partial charge in [0.2, 0.25) is 0 Å². The first-order valence-corrected chi connectivity index (χ1v) is 5.82. The van der Waals surface area contributed by atoms with Gasteiger partial charge in [0.05, 0.1) is 11.7 Å². The predicted octanol–water partition coefficient (Wildman–Crippen LogP) is 2.09. The van der Waals surface area contributed by atoms with Crippen molar-refractivity contribution in [1.29, 1.82) is 0 Å². The molecule has 0 aliphatic heterocycles. The summed E-state index contributed by atoms with van der Waals surface area (Å²) in [6, 6.07) is 5.63. The second kappa shape index (κ2) is 4.06. The highest BCUT2D eigenvalue weighted by atomic mass is 32.2. The number of hydrogen-bond donors (Lipinski definition) is 2. The number of fused-ring (bicyclic) bond motifs is 1. The molecule has 1 aromatic carbocycles. The molecule has 0 amide bonds. The Morgan fingerprint density at radius 3 is 2.82 bits per heavy atom. The van der Waals surface area contributed by atoms with Crippen LogP contribution in [-0.4, -0.2) is 20.2 Å². The number of nitrogens with zero attached hydrogens (tertiary/aromatic N) is 3. The zero-order valence-corrected chi connectivity index (χ0v) is 9.61. The quantitative estimate of drug-likeness (QED) is 0.532. The standard InChI is InChI=1S/C11H9N5S/c12-8-4-7-6-15-16-9(7)5-10(8)17-11-13-2-1-3-14-11/h1-6H,12H2,(H,15,16). The van der Waals surface area contributed by atoms with Crippen LogP contribution in [0.1, 0.15) is 0 Å². The van der Waals surface area contributed by atoms with Crippen molar-refractivity contribution >= 4 is 28.4 Å². The van der Waals surface area contributed by atoms with E-state index in [1.54, 1.807) is 24.7 Å². The summed E-state index contributed by atoms with van der Waals surface area (Å²) in [5, 5.41) is 8.56. The van der Waals surface area contributed by atoms with Crippen molar-refractivity contribution in [1.82, 2.24) is 20.2 Å². The van der Waals surface area contributed by atoms with E-state index in [1.807, 2.05) is 12.1 Å². The van der Waals surface area contributed by atoms with Gasteiger partial charge in [0.25, 0.3) is 0 Å². The third-order valence-corrected chi connectivity index (χ3v) is 3.28. The van der Waals surface area contributed by atoms with Gasteiger partial charge in [0, 0.05) is 28.4 Å². The van der Waals surface area contributed by atoms with E-state index in [1.165, 1.54) is 11.8 Å². The van der Waals surface area contributed by atoms with E-state index in [2.05, 4.69) is 20.2 Å². The van der Waals surface area contributed by atoms with Crippen molar-refractivity contribution in [3.8, 4) is 0 Å². The SMILES string of the molecule is Nc1cc2cn[nH]c2cc1Sc1ncccn1. The lowest BCUT2D eigenvalue weighted by Crippen LogP contribution is -1.90. The molecule has 17 heavy (non-hydrogen) atoms. The largest absolute Gasteiger partial charge is 0.398 e. The van der Waals surface area contributed by atoms with Crippen LogP contribution in [0.2, 0.25) is 0 Å². The van der Waals surface area contributed by atoms with Gasteiger partial charge in [-0.1, -0.05) is 0 Å². The molecular weight excluding hydrogens is 234 g/mol. The average molecular weight is 243 g/mol. The van der Waals surface area contributed by atoms with Gasteiger partial charge in [-0.3, -0.25) is 5.10 Å². The van der Waals surface area contributed by atoms with Crippen molar-refractivity contribution < 1.29 is 0 Å². The van der Waals surface area contributed by atoms with E-state index in [4.69, 9.17) is 5.73 Å². The van der Waals surface area contributed by atoms with Crippen molar-refractivity contribution in [2.45, 2.75) is 10.1 Å². The summed E-state index contributed by atoms with van der Waals surface area (Å²) in [6.45, 7) is 0. The van der Waals surface area contributed by atoms with Gasteiger partial charge in [-0.25, -0.2) is 9.97 Å². The molecule has 3 N–H and O–H groups in total. The van der Waals surface area contributed by atoms with Crippen LogP contribution in [0, 0.1) is 0 Å². The monoisotopic (exact) mass is 243 g/mol. The summed E-state index contributed by atoms with van der Waals surface area (Å²) in [5.74, 6) is 0. The molecule has 0 radical (unpaired) electrons. The Balaban J connectivity index is 2.02. The summed E-state index contributed by atoms with van der Waals surface area (Å²) in [7, 11) is 0. The third-order valence-electron chi connectivity index (χ3n) is 2.31. The smallest absolute Gasteiger partial charge is 0.192 e. The van der Waals surface area contributed by atoms with Crippen LogP contribution in [0.5, 0.6) is 0 Å². The molecule has 3 aromatic rings. The number of nitrogens with two attached hydrogens (primary N) is 1. The number of aromatic amines is 1. The van der Waals surface area contributed by atoms with Crippen molar-refractivity contribution in [3.05, 3.63) is 36.8 Å². The minimum Gasteiger partial charge on any atom is -0.398 e. The van der Waals surface area contributed by atoms with Crippen molar-refractivity contribution in [3.63, 3.8) is 0 Å². The molecule has 0 aliphatic rings. The zero-order valence-electron chi connectivity index (χ0n) is 8.79. The van der Waals surface area contributed by atoms with Crippen LogP contribution in [0.15, 0.2) is 46.8 Å². The van der Waals surface area contributed by atoms with E-state index in [0.717, 1.165) is 15.8 Å². The number of nitrogen functional groups attached to an aromatic ring is 1. The predicted molar refractivity (Wildman–Crippen MR) is 66.7 cm³/mol. The van der Waals surface area contributed by atoms with E-state index in [-0.39, 0.29) is 0 Å². The summed E-state index contributed by atoms with van der Waals surface area (Å²) >= 11 is 1.44. The highest BCUT2D eigenvalue weighted by Gasteiger charge is 2.06. The van der Waals surface area contributed by atoms with Gasteiger partial charge in [-0.05, 0) is 30.0 Å². The van der Waals surface area contributed by atoms with Crippen LogP contribution < -0.4 is 5.73 Å². The number of anilines is 1. The summed E-state index contributed by atoms with van der Waals surface area (Å²) in [5.41, 5.74) is 7.64. The molecular formula is C11H9N5S. The first kappa shape index (κ1) is 10.1. The van der Waals surface area contributed by atoms with E-state index >= 15 is 0 Å². The molecule has 3 rings (SSSR count). The Hall–Kier alpha value is -2.08. The highest BCUT2D eigenvalue weighted by Crippen LogP contribution is 2.32. The van der Waals surface area contributed by atoms with E-state index in [9.17, 15) is 0 Å². The number of H-pyrrole nitrogens is 1. The maximum absolute atomic E-state index is 5.98. The Labute approximate surface area is 101 Å². The molecule has 0 atom stereocenters. The molecule has 0 fully saturated rings. The Kier molecular flexibility index (Phi) is 2.41. The molecule has 0 unspecified atom stereocenters. The maximum atomic E-state index is 5.98. The zero-order chi connectivity index (χ0) is 11.7. The van der Waals surface area contributed by atoms with Gasteiger partial charge in [0.1, 0.15) is 0 Å². The topological polar surface area (TPSA) is 80.5 Å². The Bertz CT molecular complexity index is 649. The molecule has 5 nitrogen and oxygen atoms in total. The second-order valence-electron chi connectivity index (χ2n) is 3.48. The van der Waals surface area contributed by atoms with Gasteiger partial charge >= 0.3 is 0 Å². The summed E-state index contributed by atoms with van der Waals surface area (Å²) in [4.78, 5) is 9.23. The van der Waals surface area contributed by atoms with Gasteiger partial charge in [-0.15, -0.1) is 0 Å². The fraction of sp³-hybridized carbons (Fsp3) is 0. The second-order valence-corrected chi connectivity index (χ2v) is 4.49. The number of hydrogen-bond acceptors (Lipinski definition) is 5. The lowest BCUT2D eigenvalue weighted by atomic mass is 10.2. The number of rotatable bonds is 2. The first-order valence-electron chi connectivity index (χ1n) is 5.00. The van der Waals surface area contributed by atoms with Crippen LogP contribution in [0.25, 0.3) is 10.9 Å². The number of aromatic nitrogens is 4. The average Bonchev–Trinajstić information content (AvgIpc) is 2.78. The van der Waals surface area contributed by atoms with E-state index in [0.29, 0.717) is 10.8 Å². The Morgan fingerprint density at radius 2 is 2.00 bits per heavy atom. The van der Waals surface area contributed by atoms with Crippen molar-refractivity contribution in [2.75, 3.05) is 5.73 Å². The number of nitrogens with one attached hydrogen (secondary N) is 1. The summed E-state index contributed by atoms with van der Waals surface area (Å²) < 4.78 is 0. The molecule has 2 aromatic heterocycles. The highest BCUT2D eigenvalue weighted by molar-refractivity contribution is 7.99. The van der Waals surface area contributed by atoms with Gasteiger partial charge in [0.15, 0.2) is 5.16 Å².